The van der Waals surface area contributed by atoms with Crippen LogP contribution in [0, 0.1) is 6.57 Å². The van der Waals surface area contributed by atoms with Gasteiger partial charge in [-0.1, -0.05) is 12.7 Å². The number of nitrogens with zero attached hydrogens (tertiary/aromatic N) is 2. The van der Waals surface area contributed by atoms with Crippen LogP contribution >= 0.6 is 0 Å². The van der Waals surface area contributed by atoms with Gasteiger partial charge in [0.1, 0.15) is 0 Å². The summed E-state index contributed by atoms with van der Waals surface area (Å²) in [5, 5.41) is 8.48. The highest BCUT2D eigenvalue weighted by Crippen LogP contribution is 2.01. The first kappa shape index (κ1) is 23.6. The largest absolute Gasteiger partial charge is 0.478 e. The zero-order valence-electron chi connectivity index (χ0n) is 14.0. The summed E-state index contributed by atoms with van der Waals surface area (Å²) in [6.45, 7) is 12.6. The van der Waals surface area contributed by atoms with Gasteiger partial charge >= 0.3 is 11.9 Å². The molecular weight excluding hydrogens is 312 g/mol. The number of carbonyl (C=O) groups excluding carboxylic acids is 2. The quantitative estimate of drug-likeness (QED) is 0.156. The summed E-state index contributed by atoms with van der Waals surface area (Å²) >= 11 is 0. The molecule has 0 aromatic rings. The second kappa shape index (κ2) is 18.3. The van der Waals surface area contributed by atoms with Crippen LogP contribution in [0.5, 0.6) is 0 Å². The third kappa shape index (κ3) is 19.3. The van der Waals surface area contributed by atoms with E-state index < -0.39 is 11.9 Å². The van der Waals surface area contributed by atoms with Crippen LogP contribution in [0.1, 0.15) is 39.0 Å². The molecule has 7 nitrogen and oxygen atoms in total. The van der Waals surface area contributed by atoms with Crippen LogP contribution in [-0.2, 0) is 19.1 Å². The summed E-state index contributed by atoms with van der Waals surface area (Å²) in [4.78, 5) is 37.0. The average molecular weight is 336 g/mol. The van der Waals surface area contributed by atoms with Crippen LogP contribution < -0.4 is 0 Å². The highest BCUT2D eigenvalue weighted by molar-refractivity contribution is 5.85. The maximum atomic E-state index is 10.4. The molecule has 0 bridgehead atoms. The molecule has 0 saturated carbocycles. The van der Waals surface area contributed by atoms with Crippen LogP contribution in [0.2, 0.25) is 0 Å². The van der Waals surface area contributed by atoms with Gasteiger partial charge in [0.2, 0.25) is 12.6 Å². The van der Waals surface area contributed by atoms with Crippen LogP contribution in [0.15, 0.2) is 29.3 Å². The lowest BCUT2D eigenvalue weighted by Crippen LogP contribution is -2.01. The zero-order valence-corrected chi connectivity index (χ0v) is 14.0. The molecule has 7 heteroatoms. The minimum atomic E-state index is -0.883. The summed E-state index contributed by atoms with van der Waals surface area (Å²) < 4.78 is 4.68. The summed E-state index contributed by atoms with van der Waals surface area (Å²) in [6, 6.07) is 0. The monoisotopic (exact) mass is 336 g/mol. The Balaban J connectivity index is 0. The third-order valence-electron chi connectivity index (χ3n) is 2.65. The van der Waals surface area contributed by atoms with Gasteiger partial charge in [-0.25, -0.2) is 25.9 Å². The van der Waals surface area contributed by atoms with Gasteiger partial charge in [0.05, 0.1) is 13.2 Å². The number of esters is 1. The molecule has 0 amide bonds. The Hall–Kier alpha value is -2.71. The Labute approximate surface area is 142 Å². The van der Waals surface area contributed by atoms with Crippen molar-refractivity contribution in [1.29, 1.82) is 0 Å². The van der Waals surface area contributed by atoms with Gasteiger partial charge in [0, 0.05) is 18.1 Å². The van der Waals surface area contributed by atoms with E-state index in [1.54, 1.807) is 13.0 Å². The number of isocyanates is 1. The number of hydrogen-bond acceptors (Lipinski definition) is 5. The van der Waals surface area contributed by atoms with Crippen LogP contribution in [0.25, 0.3) is 4.85 Å². The van der Waals surface area contributed by atoms with E-state index >= 15 is 0 Å². The predicted molar refractivity (Wildman–Crippen MR) is 90.1 cm³/mol. The Morgan fingerprint density at radius 1 is 1.33 bits per heavy atom. The first-order valence-corrected chi connectivity index (χ1v) is 7.55. The molecule has 0 fully saturated rings. The Bertz CT molecular complexity index is 500. The molecule has 0 rings (SSSR count). The number of aliphatic imine (C=N–C) groups is 1. The highest BCUT2D eigenvalue weighted by Gasteiger charge is 1.97. The molecular formula is C17H24N2O5. The molecule has 132 valence electrons. The molecule has 0 aliphatic rings. The second-order valence-corrected chi connectivity index (χ2v) is 4.62. The zero-order chi connectivity index (χ0) is 18.6. The van der Waals surface area contributed by atoms with E-state index in [0.29, 0.717) is 31.7 Å². The SMILES string of the molecule is CC(=CCCCCN=C=O)C(=O)O.[C-]#[N+]CCCCOC(=O)C=C. The van der Waals surface area contributed by atoms with Crippen molar-refractivity contribution >= 4 is 18.0 Å². The van der Waals surface area contributed by atoms with E-state index in [4.69, 9.17) is 11.7 Å². The van der Waals surface area contributed by atoms with E-state index in [-0.39, 0.29) is 0 Å². The first-order chi connectivity index (χ1) is 11.5. The maximum absolute atomic E-state index is 10.4. The van der Waals surface area contributed by atoms with Crippen molar-refractivity contribution in [3.63, 3.8) is 0 Å². The predicted octanol–water partition coefficient (Wildman–Crippen LogP) is 2.94. The normalized spacial score (nSPS) is 9.58. The number of hydrogen-bond donors (Lipinski definition) is 1. The number of rotatable bonds is 11. The fraction of sp³-hybridized carbons (Fsp3) is 0.529. The summed E-state index contributed by atoms with van der Waals surface area (Å²) in [5.41, 5.74) is 0.360. The molecule has 0 spiro atoms. The molecule has 24 heavy (non-hydrogen) atoms. The van der Waals surface area contributed by atoms with Crippen LogP contribution in [0.3, 0.4) is 0 Å². The summed E-state index contributed by atoms with van der Waals surface area (Å²) in [6.07, 6.45) is 8.14. The van der Waals surface area contributed by atoms with Crippen molar-refractivity contribution in [2.75, 3.05) is 19.7 Å². The Morgan fingerprint density at radius 3 is 2.58 bits per heavy atom. The number of carboxylic acid groups (broad SMARTS) is 1. The fourth-order valence-corrected chi connectivity index (χ4v) is 1.31. The van der Waals surface area contributed by atoms with E-state index in [0.717, 1.165) is 31.8 Å². The first-order valence-electron chi connectivity index (χ1n) is 7.55. The third-order valence-corrected chi connectivity index (χ3v) is 2.65. The number of carbonyl (C=O) groups is 2. The fourth-order valence-electron chi connectivity index (χ4n) is 1.31. The van der Waals surface area contributed by atoms with Gasteiger partial charge < -0.3 is 14.7 Å². The summed E-state index contributed by atoms with van der Waals surface area (Å²) in [5.74, 6) is -1.28. The number of allylic oxidation sites excluding steroid dienone is 1. The molecule has 0 aliphatic heterocycles. The number of aliphatic carboxylic acids is 1. The number of carboxylic acids is 1. The number of unbranched alkanes of at least 4 members (excludes halogenated alkanes) is 3. The van der Waals surface area contributed by atoms with Crippen molar-refractivity contribution in [2.45, 2.75) is 39.0 Å². The van der Waals surface area contributed by atoms with Gasteiger partial charge in [-0.3, -0.25) is 0 Å². The molecule has 0 saturated heterocycles. The van der Waals surface area contributed by atoms with Crippen LogP contribution in [-0.4, -0.2) is 42.8 Å². The number of ether oxygens (including phenoxy) is 1. The van der Waals surface area contributed by atoms with Crippen molar-refractivity contribution in [3.05, 3.63) is 35.7 Å². The maximum Gasteiger partial charge on any atom is 0.330 e. The molecule has 0 unspecified atom stereocenters. The lowest BCUT2D eigenvalue weighted by Gasteiger charge is -1.97. The minimum Gasteiger partial charge on any atom is -0.478 e. The van der Waals surface area contributed by atoms with Gasteiger partial charge in [-0.05, 0) is 32.6 Å². The average Bonchev–Trinajstić information content (AvgIpc) is 2.57. The molecule has 0 aromatic heterocycles. The van der Waals surface area contributed by atoms with Crippen LogP contribution in [0.4, 0.5) is 0 Å². The van der Waals surface area contributed by atoms with E-state index in [9.17, 15) is 14.4 Å². The highest BCUT2D eigenvalue weighted by atomic mass is 16.5. The van der Waals surface area contributed by atoms with Crippen molar-refractivity contribution in [2.24, 2.45) is 4.99 Å². The second-order valence-electron chi connectivity index (χ2n) is 4.62. The van der Waals surface area contributed by atoms with E-state index in [1.807, 2.05) is 0 Å². The van der Waals surface area contributed by atoms with E-state index in [2.05, 4.69) is 21.2 Å². The summed E-state index contributed by atoms with van der Waals surface area (Å²) in [7, 11) is 0. The van der Waals surface area contributed by atoms with Gasteiger partial charge in [0.25, 0.3) is 0 Å². The molecule has 0 heterocycles. The topological polar surface area (TPSA) is 97.4 Å². The standard InChI is InChI=1S/C9H13NO3.C8H11NO2/c1-8(9(12)13)5-3-2-4-6-10-7-11;1-3-8(10)11-7-5-4-6-9-2/h5H,2-4,6H2,1H3,(H,12,13);3H,1,4-7H2. The van der Waals surface area contributed by atoms with Gasteiger partial charge in [-0.15, -0.1) is 0 Å². The molecule has 0 aliphatic carbocycles. The molecule has 1 N–H and O–H groups in total. The van der Waals surface area contributed by atoms with Gasteiger partial charge in [0.15, 0.2) is 0 Å². The van der Waals surface area contributed by atoms with Crippen molar-refractivity contribution in [3.8, 4) is 0 Å². The minimum absolute atomic E-state index is 0.360. The molecule has 0 atom stereocenters. The van der Waals surface area contributed by atoms with Gasteiger partial charge in [-0.2, -0.15) is 0 Å². The van der Waals surface area contributed by atoms with Crippen molar-refractivity contribution in [1.82, 2.24) is 0 Å². The lowest BCUT2D eigenvalue weighted by molar-refractivity contribution is -0.138. The Kier molecular flexibility index (Phi) is 18.0. The lowest BCUT2D eigenvalue weighted by atomic mass is 10.2. The van der Waals surface area contributed by atoms with E-state index in [1.165, 1.54) is 6.08 Å². The Morgan fingerprint density at radius 2 is 2.04 bits per heavy atom. The molecule has 0 aromatic carbocycles. The smallest absolute Gasteiger partial charge is 0.330 e. The molecule has 0 radical (unpaired) electrons. The van der Waals surface area contributed by atoms with Crippen molar-refractivity contribution < 1.29 is 24.2 Å².